The number of rotatable bonds is 2. The van der Waals surface area contributed by atoms with Crippen LogP contribution in [0, 0.1) is 0 Å². The van der Waals surface area contributed by atoms with E-state index in [4.69, 9.17) is 11.6 Å². The first-order valence-corrected chi connectivity index (χ1v) is 6.37. The molecule has 0 aliphatic heterocycles. The SMILES string of the molecule is CCc1ccc2c(ccn2-c2ccc(Cl)cn2)c1. The predicted molar refractivity (Wildman–Crippen MR) is 75.5 cm³/mol. The molecule has 0 N–H and O–H groups in total. The molecular formula is C15H13ClN2. The Morgan fingerprint density at radius 3 is 2.78 bits per heavy atom. The van der Waals surface area contributed by atoms with Crippen molar-refractivity contribution in [1.82, 2.24) is 9.55 Å². The van der Waals surface area contributed by atoms with E-state index >= 15 is 0 Å². The van der Waals surface area contributed by atoms with Crippen molar-refractivity contribution in [3.63, 3.8) is 0 Å². The van der Waals surface area contributed by atoms with Crippen LogP contribution in [0.1, 0.15) is 12.5 Å². The molecule has 3 rings (SSSR count). The van der Waals surface area contributed by atoms with Gasteiger partial charge in [0.1, 0.15) is 5.82 Å². The Balaban J connectivity index is 2.15. The molecule has 0 amide bonds. The van der Waals surface area contributed by atoms with Crippen molar-refractivity contribution in [2.75, 3.05) is 0 Å². The van der Waals surface area contributed by atoms with Gasteiger partial charge < -0.3 is 4.57 Å². The lowest BCUT2D eigenvalue weighted by Crippen LogP contribution is -1.94. The minimum Gasteiger partial charge on any atom is -0.301 e. The van der Waals surface area contributed by atoms with Crippen LogP contribution in [0.15, 0.2) is 48.8 Å². The number of nitrogens with zero attached hydrogens (tertiary/aromatic N) is 2. The zero-order valence-corrected chi connectivity index (χ0v) is 10.9. The van der Waals surface area contributed by atoms with Gasteiger partial charge in [-0.2, -0.15) is 0 Å². The van der Waals surface area contributed by atoms with Crippen LogP contribution in [0.5, 0.6) is 0 Å². The Labute approximate surface area is 111 Å². The number of hydrogen-bond donors (Lipinski definition) is 0. The number of aryl methyl sites for hydroxylation is 1. The number of aromatic nitrogens is 2. The highest BCUT2D eigenvalue weighted by atomic mass is 35.5. The van der Waals surface area contributed by atoms with E-state index < -0.39 is 0 Å². The van der Waals surface area contributed by atoms with E-state index in [9.17, 15) is 0 Å². The number of hydrogen-bond acceptors (Lipinski definition) is 1. The maximum Gasteiger partial charge on any atom is 0.137 e. The first-order chi connectivity index (χ1) is 8.78. The van der Waals surface area contributed by atoms with Gasteiger partial charge in [0.15, 0.2) is 0 Å². The van der Waals surface area contributed by atoms with E-state index in [1.807, 2.05) is 18.3 Å². The maximum atomic E-state index is 5.86. The summed E-state index contributed by atoms with van der Waals surface area (Å²) in [6, 6.07) is 12.4. The van der Waals surface area contributed by atoms with Crippen molar-refractivity contribution >= 4 is 22.5 Å². The predicted octanol–water partition coefficient (Wildman–Crippen LogP) is 4.24. The average molecular weight is 257 g/mol. The molecule has 0 saturated heterocycles. The van der Waals surface area contributed by atoms with Gasteiger partial charge in [-0.1, -0.05) is 24.6 Å². The summed E-state index contributed by atoms with van der Waals surface area (Å²) in [6.45, 7) is 2.17. The van der Waals surface area contributed by atoms with E-state index in [0.29, 0.717) is 5.02 Å². The van der Waals surface area contributed by atoms with Gasteiger partial charge in [0.2, 0.25) is 0 Å². The Morgan fingerprint density at radius 1 is 1.17 bits per heavy atom. The zero-order valence-electron chi connectivity index (χ0n) is 10.1. The van der Waals surface area contributed by atoms with Gasteiger partial charge in [-0.05, 0) is 42.3 Å². The van der Waals surface area contributed by atoms with Gasteiger partial charge in [-0.15, -0.1) is 0 Å². The van der Waals surface area contributed by atoms with Gasteiger partial charge in [0.25, 0.3) is 0 Å². The minimum atomic E-state index is 0.656. The third kappa shape index (κ3) is 1.89. The van der Waals surface area contributed by atoms with Crippen molar-refractivity contribution in [2.24, 2.45) is 0 Å². The summed E-state index contributed by atoms with van der Waals surface area (Å²) in [4.78, 5) is 4.34. The van der Waals surface area contributed by atoms with Gasteiger partial charge >= 0.3 is 0 Å². The summed E-state index contributed by atoms with van der Waals surface area (Å²) >= 11 is 5.86. The molecule has 0 aliphatic rings. The van der Waals surface area contributed by atoms with E-state index in [1.165, 1.54) is 16.5 Å². The van der Waals surface area contributed by atoms with E-state index in [-0.39, 0.29) is 0 Å². The average Bonchev–Trinajstić information content (AvgIpc) is 2.82. The molecule has 2 nitrogen and oxygen atoms in total. The largest absolute Gasteiger partial charge is 0.301 e. The second-order valence-corrected chi connectivity index (χ2v) is 4.70. The Morgan fingerprint density at radius 2 is 2.06 bits per heavy atom. The fourth-order valence-electron chi connectivity index (χ4n) is 2.12. The summed E-state index contributed by atoms with van der Waals surface area (Å²) < 4.78 is 2.07. The number of fused-ring (bicyclic) bond motifs is 1. The molecule has 0 spiro atoms. The first-order valence-electron chi connectivity index (χ1n) is 6.00. The Bertz CT molecular complexity index is 683. The molecule has 0 atom stereocenters. The quantitative estimate of drug-likeness (QED) is 0.671. The molecule has 0 bridgehead atoms. The van der Waals surface area contributed by atoms with Crippen molar-refractivity contribution in [3.8, 4) is 5.82 Å². The van der Waals surface area contributed by atoms with Crippen LogP contribution < -0.4 is 0 Å². The van der Waals surface area contributed by atoms with Gasteiger partial charge in [-0.25, -0.2) is 4.98 Å². The summed E-state index contributed by atoms with van der Waals surface area (Å²) in [5.74, 6) is 0.888. The zero-order chi connectivity index (χ0) is 12.5. The molecular weight excluding hydrogens is 244 g/mol. The smallest absolute Gasteiger partial charge is 0.137 e. The van der Waals surface area contributed by atoms with Crippen LogP contribution in [-0.4, -0.2) is 9.55 Å². The standard InChI is InChI=1S/C15H13ClN2/c1-2-11-3-5-14-12(9-11)7-8-18(14)15-6-4-13(16)10-17-15/h3-10H,2H2,1H3. The molecule has 90 valence electrons. The molecule has 1 aromatic carbocycles. The molecule has 18 heavy (non-hydrogen) atoms. The molecule has 3 heteroatoms. The van der Waals surface area contributed by atoms with Crippen LogP contribution in [0.3, 0.4) is 0 Å². The minimum absolute atomic E-state index is 0.656. The van der Waals surface area contributed by atoms with Crippen molar-refractivity contribution in [1.29, 1.82) is 0 Å². The summed E-state index contributed by atoms with van der Waals surface area (Å²) in [6.07, 6.45) is 4.77. The van der Waals surface area contributed by atoms with Crippen molar-refractivity contribution < 1.29 is 0 Å². The molecule has 0 saturated carbocycles. The van der Waals surface area contributed by atoms with Crippen molar-refractivity contribution in [3.05, 3.63) is 59.4 Å². The first kappa shape index (κ1) is 11.3. The van der Waals surface area contributed by atoms with Crippen molar-refractivity contribution in [2.45, 2.75) is 13.3 Å². The van der Waals surface area contributed by atoms with Crippen LogP contribution >= 0.6 is 11.6 Å². The van der Waals surface area contributed by atoms with Crippen LogP contribution in [0.4, 0.5) is 0 Å². The lowest BCUT2D eigenvalue weighted by molar-refractivity contribution is 1.04. The molecule has 0 aliphatic carbocycles. The van der Waals surface area contributed by atoms with E-state index in [1.54, 1.807) is 6.20 Å². The Kier molecular flexibility index (Phi) is 2.80. The van der Waals surface area contributed by atoms with Gasteiger partial charge in [0, 0.05) is 17.8 Å². The van der Waals surface area contributed by atoms with E-state index in [0.717, 1.165) is 12.2 Å². The lowest BCUT2D eigenvalue weighted by atomic mass is 10.1. The highest BCUT2D eigenvalue weighted by molar-refractivity contribution is 6.30. The molecule has 0 fully saturated rings. The number of pyridine rings is 1. The molecule has 0 unspecified atom stereocenters. The third-order valence-electron chi connectivity index (χ3n) is 3.12. The number of benzene rings is 1. The highest BCUT2D eigenvalue weighted by Crippen LogP contribution is 2.21. The second-order valence-electron chi connectivity index (χ2n) is 4.27. The molecule has 2 heterocycles. The second kappa shape index (κ2) is 4.46. The normalized spacial score (nSPS) is 11.0. The summed E-state index contributed by atoms with van der Waals surface area (Å²) in [5.41, 5.74) is 2.52. The van der Waals surface area contributed by atoms with E-state index in [2.05, 4.69) is 40.7 Å². The highest BCUT2D eigenvalue weighted by Gasteiger charge is 2.04. The monoisotopic (exact) mass is 256 g/mol. The Hall–Kier alpha value is -1.80. The van der Waals surface area contributed by atoms with Gasteiger partial charge in [-0.3, -0.25) is 0 Å². The fourth-order valence-corrected chi connectivity index (χ4v) is 2.23. The topological polar surface area (TPSA) is 17.8 Å². The molecule has 3 aromatic rings. The van der Waals surface area contributed by atoms with Crippen LogP contribution in [-0.2, 0) is 6.42 Å². The van der Waals surface area contributed by atoms with Gasteiger partial charge in [0.05, 0.1) is 10.5 Å². The van der Waals surface area contributed by atoms with Crippen LogP contribution in [0.2, 0.25) is 5.02 Å². The lowest BCUT2D eigenvalue weighted by Gasteiger charge is -2.05. The fraction of sp³-hybridized carbons (Fsp3) is 0.133. The molecule has 0 radical (unpaired) electrons. The molecule has 2 aromatic heterocycles. The summed E-state index contributed by atoms with van der Waals surface area (Å²) in [7, 11) is 0. The third-order valence-corrected chi connectivity index (χ3v) is 3.35. The summed E-state index contributed by atoms with van der Waals surface area (Å²) in [5, 5.41) is 1.90. The number of halogens is 1. The maximum absolute atomic E-state index is 5.86. The van der Waals surface area contributed by atoms with Crippen LogP contribution in [0.25, 0.3) is 16.7 Å².